The standard InChI is InChI=1S/C14H19N3/c1-2-17-13-6-5-11(9-15)7-12(13)16-14(17)8-10-3-4-10/h5-7,10H,2-4,8-9,15H2,1H3. The molecule has 0 amide bonds. The highest BCUT2D eigenvalue weighted by Crippen LogP contribution is 2.33. The third-order valence-electron chi connectivity index (χ3n) is 3.61. The number of hydrogen-bond donors (Lipinski definition) is 1. The SMILES string of the molecule is CCn1c(CC2CC2)nc2cc(CN)ccc21. The number of hydrogen-bond acceptors (Lipinski definition) is 2. The highest BCUT2D eigenvalue weighted by molar-refractivity contribution is 5.77. The molecule has 0 saturated heterocycles. The van der Waals surface area contributed by atoms with Crippen molar-refractivity contribution in [3.8, 4) is 0 Å². The van der Waals surface area contributed by atoms with Crippen LogP contribution in [0.2, 0.25) is 0 Å². The van der Waals surface area contributed by atoms with Crippen LogP contribution in [0.15, 0.2) is 18.2 Å². The van der Waals surface area contributed by atoms with E-state index in [2.05, 4.69) is 29.7 Å². The summed E-state index contributed by atoms with van der Waals surface area (Å²) in [5.74, 6) is 2.13. The Hall–Kier alpha value is -1.35. The second-order valence-corrected chi connectivity index (χ2v) is 4.95. The van der Waals surface area contributed by atoms with Gasteiger partial charge in [-0.2, -0.15) is 0 Å². The van der Waals surface area contributed by atoms with E-state index < -0.39 is 0 Å². The van der Waals surface area contributed by atoms with E-state index in [4.69, 9.17) is 10.7 Å². The lowest BCUT2D eigenvalue weighted by Gasteiger charge is -2.05. The topological polar surface area (TPSA) is 43.8 Å². The Labute approximate surface area is 102 Å². The number of rotatable bonds is 4. The second-order valence-electron chi connectivity index (χ2n) is 4.95. The monoisotopic (exact) mass is 229 g/mol. The summed E-state index contributed by atoms with van der Waals surface area (Å²) in [7, 11) is 0. The van der Waals surface area contributed by atoms with E-state index in [1.165, 1.54) is 24.2 Å². The van der Waals surface area contributed by atoms with Gasteiger partial charge in [-0.05, 0) is 43.4 Å². The minimum Gasteiger partial charge on any atom is -0.328 e. The van der Waals surface area contributed by atoms with Gasteiger partial charge in [0, 0.05) is 19.5 Å². The van der Waals surface area contributed by atoms with Crippen molar-refractivity contribution in [2.75, 3.05) is 0 Å². The van der Waals surface area contributed by atoms with Crippen LogP contribution in [0.5, 0.6) is 0 Å². The number of benzene rings is 1. The van der Waals surface area contributed by atoms with Gasteiger partial charge in [0.15, 0.2) is 0 Å². The highest BCUT2D eigenvalue weighted by Gasteiger charge is 2.24. The first-order chi connectivity index (χ1) is 8.31. The lowest BCUT2D eigenvalue weighted by Crippen LogP contribution is -2.02. The number of aryl methyl sites for hydroxylation is 1. The van der Waals surface area contributed by atoms with Crippen molar-refractivity contribution >= 4 is 11.0 Å². The fraction of sp³-hybridized carbons (Fsp3) is 0.500. The number of imidazole rings is 1. The molecule has 0 bridgehead atoms. The molecular formula is C14H19N3. The quantitative estimate of drug-likeness (QED) is 0.875. The zero-order valence-electron chi connectivity index (χ0n) is 10.3. The van der Waals surface area contributed by atoms with Gasteiger partial charge in [0.05, 0.1) is 11.0 Å². The summed E-state index contributed by atoms with van der Waals surface area (Å²) >= 11 is 0. The summed E-state index contributed by atoms with van der Waals surface area (Å²) in [5, 5.41) is 0. The smallest absolute Gasteiger partial charge is 0.110 e. The molecule has 1 saturated carbocycles. The maximum Gasteiger partial charge on any atom is 0.110 e. The van der Waals surface area contributed by atoms with Gasteiger partial charge in [-0.3, -0.25) is 0 Å². The number of nitrogens with zero attached hydrogens (tertiary/aromatic N) is 2. The fourth-order valence-corrected chi connectivity index (χ4v) is 2.44. The molecule has 1 aromatic carbocycles. The molecule has 0 atom stereocenters. The molecule has 0 spiro atoms. The Morgan fingerprint density at radius 2 is 2.24 bits per heavy atom. The normalized spacial score (nSPS) is 15.6. The molecule has 90 valence electrons. The summed E-state index contributed by atoms with van der Waals surface area (Å²) in [6, 6.07) is 6.39. The summed E-state index contributed by atoms with van der Waals surface area (Å²) in [6.45, 7) is 3.78. The van der Waals surface area contributed by atoms with Crippen molar-refractivity contribution in [3.63, 3.8) is 0 Å². The van der Waals surface area contributed by atoms with E-state index in [1.807, 2.05) is 0 Å². The average molecular weight is 229 g/mol. The zero-order valence-corrected chi connectivity index (χ0v) is 10.3. The molecule has 1 aromatic heterocycles. The van der Waals surface area contributed by atoms with Gasteiger partial charge in [-0.1, -0.05) is 6.07 Å². The van der Waals surface area contributed by atoms with Crippen LogP contribution >= 0.6 is 0 Å². The van der Waals surface area contributed by atoms with Crippen molar-refractivity contribution in [2.24, 2.45) is 11.7 Å². The van der Waals surface area contributed by atoms with Gasteiger partial charge in [0.1, 0.15) is 5.82 Å². The van der Waals surface area contributed by atoms with E-state index in [9.17, 15) is 0 Å². The lowest BCUT2D eigenvalue weighted by molar-refractivity contribution is 0.676. The number of aromatic nitrogens is 2. The zero-order chi connectivity index (χ0) is 11.8. The molecular weight excluding hydrogens is 210 g/mol. The third kappa shape index (κ3) is 1.95. The number of fused-ring (bicyclic) bond motifs is 1. The summed E-state index contributed by atoms with van der Waals surface area (Å²) in [6.07, 6.45) is 3.89. The van der Waals surface area contributed by atoms with Gasteiger partial charge in [0.25, 0.3) is 0 Å². The molecule has 2 N–H and O–H groups in total. The van der Waals surface area contributed by atoms with Crippen LogP contribution in [0.4, 0.5) is 0 Å². The molecule has 1 aliphatic rings. The minimum atomic E-state index is 0.590. The van der Waals surface area contributed by atoms with Crippen LogP contribution in [0, 0.1) is 5.92 Å². The Bertz CT molecular complexity index is 538. The second kappa shape index (κ2) is 4.15. The van der Waals surface area contributed by atoms with Gasteiger partial charge in [-0.25, -0.2) is 4.98 Å². The van der Waals surface area contributed by atoms with Crippen molar-refractivity contribution in [3.05, 3.63) is 29.6 Å². The predicted molar refractivity (Wildman–Crippen MR) is 69.7 cm³/mol. The maximum atomic E-state index is 5.67. The lowest BCUT2D eigenvalue weighted by atomic mass is 10.2. The largest absolute Gasteiger partial charge is 0.328 e. The van der Waals surface area contributed by atoms with Gasteiger partial charge in [-0.15, -0.1) is 0 Å². The van der Waals surface area contributed by atoms with Gasteiger partial charge >= 0.3 is 0 Å². The Morgan fingerprint density at radius 3 is 2.88 bits per heavy atom. The summed E-state index contributed by atoms with van der Waals surface area (Å²) in [5.41, 5.74) is 9.19. The summed E-state index contributed by atoms with van der Waals surface area (Å²) in [4.78, 5) is 4.78. The van der Waals surface area contributed by atoms with E-state index in [1.54, 1.807) is 0 Å². The molecule has 3 rings (SSSR count). The van der Waals surface area contributed by atoms with Crippen LogP contribution in [-0.4, -0.2) is 9.55 Å². The molecule has 1 heterocycles. The molecule has 17 heavy (non-hydrogen) atoms. The Kier molecular flexibility index (Phi) is 2.63. The van der Waals surface area contributed by atoms with Gasteiger partial charge < -0.3 is 10.3 Å². The van der Waals surface area contributed by atoms with Crippen LogP contribution < -0.4 is 5.73 Å². The molecule has 0 unspecified atom stereocenters. The highest BCUT2D eigenvalue weighted by atomic mass is 15.1. The maximum absolute atomic E-state index is 5.67. The Balaban J connectivity index is 2.07. The van der Waals surface area contributed by atoms with Crippen LogP contribution in [0.25, 0.3) is 11.0 Å². The van der Waals surface area contributed by atoms with Crippen molar-refractivity contribution in [2.45, 2.75) is 39.3 Å². The molecule has 0 radical (unpaired) electrons. The van der Waals surface area contributed by atoms with Crippen molar-refractivity contribution in [1.29, 1.82) is 0 Å². The van der Waals surface area contributed by atoms with Crippen molar-refractivity contribution < 1.29 is 0 Å². The van der Waals surface area contributed by atoms with Crippen LogP contribution in [0.3, 0.4) is 0 Å². The molecule has 1 fully saturated rings. The molecule has 1 aliphatic carbocycles. The van der Waals surface area contributed by atoms with E-state index >= 15 is 0 Å². The Morgan fingerprint density at radius 1 is 1.41 bits per heavy atom. The molecule has 2 aromatic rings. The third-order valence-corrected chi connectivity index (χ3v) is 3.61. The first kappa shape index (κ1) is 10.8. The van der Waals surface area contributed by atoms with E-state index in [0.29, 0.717) is 6.54 Å². The van der Waals surface area contributed by atoms with Crippen molar-refractivity contribution in [1.82, 2.24) is 9.55 Å². The van der Waals surface area contributed by atoms with E-state index in [0.717, 1.165) is 30.0 Å². The first-order valence-electron chi connectivity index (χ1n) is 6.50. The minimum absolute atomic E-state index is 0.590. The average Bonchev–Trinajstić information content (AvgIpc) is 3.09. The molecule has 0 aliphatic heterocycles. The first-order valence-corrected chi connectivity index (χ1v) is 6.50. The van der Waals surface area contributed by atoms with Crippen LogP contribution in [-0.2, 0) is 19.5 Å². The summed E-state index contributed by atoms with van der Waals surface area (Å²) < 4.78 is 2.34. The van der Waals surface area contributed by atoms with Gasteiger partial charge in [0.2, 0.25) is 0 Å². The van der Waals surface area contributed by atoms with Crippen LogP contribution in [0.1, 0.15) is 31.2 Å². The molecule has 3 heteroatoms. The molecule has 3 nitrogen and oxygen atoms in total. The fourth-order valence-electron chi connectivity index (χ4n) is 2.44. The predicted octanol–water partition coefficient (Wildman–Crippen LogP) is 2.47. The number of nitrogens with two attached hydrogens (primary N) is 1. The van der Waals surface area contributed by atoms with E-state index in [-0.39, 0.29) is 0 Å².